The lowest BCUT2D eigenvalue weighted by Gasteiger charge is -2.16. The van der Waals surface area contributed by atoms with E-state index in [-0.39, 0.29) is 18.0 Å². The summed E-state index contributed by atoms with van der Waals surface area (Å²) < 4.78 is 6.58. The topological polar surface area (TPSA) is 81.2 Å². The predicted molar refractivity (Wildman–Crippen MR) is 97.9 cm³/mol. The normalized spacial score (nSPS) is 14.1. The van der Waals surface area contributed by atoms with Gasteiger partial charge in [-0.25, -0.2) is 4.68 Å². The van der Waals surface area contributed by atoms with Crippen LogP contribution in [0.2, 0.25) is 0 Å². The third-order valence-corrected chi connectivity index (χ3v) is 5.27. The average molecular weight is 370 g/mol. The summed E-state index contributed by atoms with van der Waals surface area (Å²) in [6.07, 6.45) is 2.02. The van der Waals surface area contributed by atoms with E-state index in [4.69, 9.17) is 4.52 Å². The number of hydrogen-bond acceptors (Lipinski definition) is 6. The fraction of sp³-hybridized carbons (Fsp3) is 0.333. The van der Waals surface area contributed by atoms with Crippen LogP contribution in [0.4, 0.5) is 0 Å². The molecule has 1 fully saturated rings. The Balaban J connectivity index is 1.76. The van der Waals surface area contributed by atoms with Crippen molar-refractivity contribution in [1.29, 1.82) is 0 Å². The molecule has 8 heteroatoms. The maximum Gasteiger partial charge on any atom is 0.268 e. The van der Waals surface area contributed by atoms with Crippen LogP contribution in [0.3, 0.4) is 0 Å². The molecule has 0 spiro atoms. The largest absolute Gasteiger partial charge is 0.356 e. The highest BCUT2D eigenvalue weighted by atomic mass is 32.1. The summed E-state index contributed by atoms with van der Waals surface area (Å²) in [7, 11) is 0. The monoisotopic (exact) mass is 370 g/mol. The SMILES string of the molecule is Cc1cc(-c2cc(=O)n(CC(=O)N3CCCC3)nc2-c2cccs2)on1. The molecular formula is C18H18N4O3S. The van der Waals surface area contributed by atoms with Crippen molar-refractivity contribution in [2.75, 3.05) is 13.1 Å². The molecule has 0 aromatic carbocycles. The summed E-state index contributed by atoms with van der Waals surface area (Å²) in [5, 5.41) is 10.3. The second-order valence-electron chi connectivity index (χ2n) is 6.30. The maximum atomic E-state index is 12.6. The molecule has 26 heavy (non-hydrogen) atoms. The fourth-order valence-corrected chi connectivity index (χ4v) is 3.80. The van der Waals surface area contributed by atoms with Gasteiger partial charge in [-0.3, -0.25) is 9.59 Å². The van der Waals surface area contributed by atoms with Crippen LogP contribution in [0.25, 0.3) is 21.9 Å². The first-order valence-electron chi connectivity index (χ1n) is 8.49. The molecule has 0 unspecified atom stereocenters. The van der Waals surface area contributed by atoms with Crippen molar-refractivity contribution < 1.29 is 9.32 Å². The zero-order chi connectivity index (χ0) is 18.1. The predicted octanol–water partition coefficient (Wildman–Crippen LogP) is 2.56. The zero-order valence-electron chi connectivity index (χ0n) is 14.3. The molecule has 4 heterocycles. The van der Waals surface area contributed by atoms with Crippen molar-refractivity contribution in [1.82, 2.24) is 19.8 Å². The number of thiophene rings is 1. The molecule has 134 valence electrons. The van der Waals surface area contributed by atoms with Crippen LogP contribution in [0.1, 0.15) is 18.5 Å². The lowest BCUT2D eigenvalue weighted by molar-refractivity contribution is -0.131. The fourth-order valence-electron chi connectivity index (χ4n) is 3.07. The Morgan fingerprint density at radius 2 is 2.12 bits per heavy atom. The minimum absolute atomic E-state index is 0.0487. The minimum Gasteiger partial charge on any atom is -0.356 e. The van der Waals surface area contributed by atoms with E-state index in [1.54, 1.807) is 11.0 Å². The standard InChI is InChI=1S/C18H18N4O3S/c1-12-9-14(25-20-12)13-10-16(23)22(11-17(24)21-6-2-3-7-21)19-18(13)15-5-4-8-26-15/h4-5,8-10H,2-3,6-7,11H2,1H3. The van der Waals surface area contributed by atoms with E-state index in [0.29, 0.717) is 17.0 Å². The molecular weight excluding hydrogens is 352 g/mol. The number of rotatable bonds is 4. The minimum atomic E-state index is -0.332. The number of aromatic nitrogens is 3. The highest BCUT2D eigenvalue weighted by Gasteiger charge is 2.21. The second-order valence-corrected chi connectivity index (χ2v) is 7.25. The van der Waals surface area contributed by atoms with Crippen molar-refractivity contribution in [2.24, 2.45) is 0 Å². The summed E-state index contributed by atoms with van der Waals surface area (Å²) in [5.74, 6) is 0.422. The Kier molecular flexibility index (Phi) is 4.42. The van der Waals surface area contributed by atoms with Crippen molar-refractivity contribution in [3.63, 3.8) is 0 Å². The van der Waals surface area contributed by atoms with Crippen LogP contribution in [-0.2, 0) is 11.3 Å². The van der Waals surface area contributed by atoms with Gasteiger partial charge in [0.25, 0.3) is 5.56 Å². The molecule has 3 aromatic heterocycles. The molecule has 1 aliphatic rings. The average Bonchev–Trinajstić information content (AvgIpc) is 3.38. The third-order valence-electron chi connectivity index (χ3n) is 4.39. The molecule has 0 N–H and O–H groups in total. The van der Waals surface area contributed by atoms with Gasteiger partial charge in [-0.15, -0.1) is 11.3 Å². The van der Waals surface area contributed by atoms with Gasteiger partial charge in [0, 0.05) is 25.2 Å². The second kappa shape index (κ2) is 6.87. The first-order chi connectivity index (χ1) is 12.6. The Morgan fingerprint density at radius 1 is 1.31 bits per heavy atom. The van der Waals surface area contributed by atoms with Crippen LogP contribution in [0.5, 0.6) is 0 Å². The Hall–Kier alpha value is -2.74. The van der Waals surface area contributed by atoms with Gasteiger partial charge in [0.1, 0.15) is 12.2 Å². The number of aryl methyl sites for hydroxylation is 1. The first-order valence-corrected chi connectivity index (χ1v) is 9.37. The van der Waals surface area contributed by atoms with Crippen molar-refractivity contribution >= 4 is 17.2 Å². The van der Waals surface area contributed by atoms with Crippen LogP contribution in [0, 0.1) is 6.92 Å². The maximum absolute atomic E-state index is 12.6. The summed E-state index contributed by atoms with van der Waals surface area (Å²) >= 11 is 1.52. The number of nitrogens with zero attached hydrogens (tertiary/aromatic N) is 4. The van der Waals surface area contributed by atoms with Gasteiger partial charge in [0.15, 0.2) is 5.76 Å². The molecule has 3 aromatic rings. The van der Waals surface area contributed by atoms with E-state index in [1.807, 2.05) is 24.4 Å². The number of likely N-dealkylation sites (tertiary alicyclic amines) is 1. The molecule has 0 atom stereocenters. The lowest BCUT2D eigenvalue weighted by Crippen LogP contribution is -2.35. The highest BCUT2D eigenvalue weighted by Crippen LogP contribution is 2.32. The Bertz CT molecular complexity index is 984. The number of hydrogen-bond donors (Lipinski definition) is 0. The van der Waals surface area contributed by atoms with Gasteiger partial charge >= 0.3 is 0 Å². The Morgan fingerprint density at radius 3 is 2.77 bits per heavy atom. The van der Waals surface area contributed by atoms with Crippen molar-refractivity contribution in [3.05, 3.63) is 45.7 Å². The third kappa shape index (κ3) is 3.20. The molecule has 0 saturated carbocycles. The molecule has 0 aliphatic carbocycles. The number of carbonyl (C=O) groups is 1. The van der Waals surface area contributed by atoms with Crippen molar-refractivity contribution in [3.8, 4) is 21.9 Å². The van der Waals surface area contributed by atoms with E-state index in [0.717, 1.165) is 36.5 Å². The van der Waals surface area contributed by atoms with E-state index >= 15 is 0 Å². The molecule has 4 rings (SSSR count). The van der Waals surface area contributed by atoms with E-state index in [9.17, 15) is 9.59 Å². The van der Waals surface area contributed by atoms with Gasteiger partial charge in [-0.1, -0.05) is 11.2 Å². The zero-order valence-corrected chi connectivity index (χ0v) is 15.2. The van der Waals surface area contributed by atoms with E-state index in [2.05, 4.69) is 10.3 Å². The highest BCUT2D eigenvalue weighted by molar-refractivity contribution is 7.13. The van der Waals surface area contributed by atoms with Crippen LogP contribution in [-0.4, -0.2) is 38.8 Å². The smallest absolute Gasteiger partial charge is 0.268 e. The van der Waals surface area contributed by atoms with Gasteiger partial charge in [-0.2, -0.15) is 5.10 Å². The van der Waals surface area contributed by atoms with Gasteiger partial charge in [0.05, 0.1) is 16.1 Å². The van der Waals surface area contributed by atoms with E-state index in [1.165, 1.54) is 22.1 Å². The molecule has 1 aliphatic heterocycles. The summed E-state index contributed by atoms with van der Waals surface area (Å²) in [6, 6.07) is 7.09. The molecule has 0 radical (unpaired) electrons. The lowest BCUT2D eigenvalue weighted by atomic mass is 10.1. The van der Waals surface area contributed by atoms with Gasteiger partial charge in [0.2, 0.25) is 5.91 Å². The van der Waals surface area contributed by atoms with Crippen molar-refractivity contribution in [2.45, 2.75) is 26.3 Å². The van der Waals surface area contributed by atoms with Gasteiger partial charge < -0.3 is 9.42 Å². The number of amides is 1. The van der Waals surface area contributed by atoms with Crippen LogP contribution >= 0.6 is 11.3 Å². The van der Waals surface area contributed by atoms with Crippen LogP contribution < -0.4 is 5.56 Å². The first kappa shape index (κ1) is 16.7. The van der Waals surface area contributed by atoms with Gasteiger partial charge in [-0.05, 0) is 31.2 Å². The van der Waals surface area contributed by atoms with Crippen LogP contribution in [0.15, 0.2) is 39.0 Å². The Labute approximate surface area is 153 Å². The summed E-state index contributed by atoms with van der Waals surface area (Å²) in [5.41, 5.74) is 1.60. The molecule has 0 bridgehead atoms. The van der Waals surface area contributed by atoms with E-state index < -0.39 is 0 Å². The number of carbonyl (C=O) groups excluding carboxylic acids is 1. The summed E-state index contributed by atoms with van der Waals surface area (Å²) in [4.78, 5) is 27.7. The molecule has 1 saturated heterocycles. The molecule has 1 amide bonds. The molecule has 7 nitrogen and oxygen atoms in total. The summed E-state index contributed by atoms with van der Waals surface area (Å²) in [6.45, 7) is 3.27. The quantitative estimate of drug-likeness (QED) is 0.705.